The molecule has 1 fully saturated rings. The van der Waals surface area contributed by atoms with Gasteiger partial charge in [-0.05, 0) is 54.5 Å². The van der Waals surface area contributed by atoms with E-state index in [2.05, 4.69) is 34.5 Å². The van der Waals surface area contributed by atoms with Crippen molar-refractivity contribution in [3.8, 4) is 0 Å². The van der Waals surface area contributed by atoms with Gasteiger partial charge in [0.25, 0.3) is 5.91 Å². The molecule has 2 heterocycles. The molecule has 0 saturated heterocycles. The van der Waals surface area contributed by atoms with E-state index in [9.17, 15) is 9.59 Å². The van der Waals surface area contributed by atoms with Crippen LogP contribution < -0.4 is 5.32 Å². The Hall–Kier alpha value is -2.66. The van der Waals surface area contributed by atoms with Gasteiger partial charge >= 0.3 is 0 Å². The second-order valence-electron chi connectivity index (χ2n) is 8.68. The summed E-state index contributed by atoms with van der Waals surface area (Å²) in [5.74, 6) is 0.107. The molecule has 5 nitrogen and oxygen atoms in total. The number of fused-ring (bicyclic) bond motifs is 3. The fourth-order valence-corrected chi connectivity index (χ4v) is 5.02. The minimum atomic E-state index is 0.107. The van der Waals surface area contributed by atoms with Crippen molar-refractivity contribution in [1.29, 1.82) is 0 Å². The van der Waals surface area contributed by atoms with E-state index in [1.807, 2.05) is 23.1 Å². The maximum Gasteiger partial charge on any atom is 0.254 e. The molecule has 5 heteroatoms. The molecule has 1 saturated carbocycles. The van der Waals surface area contributed by atoms with Crippen molar-refractivity contribution in [2.75, 3.05) is 31.5 Å². The lowest BCUT2D eigenvalue weighted by Gasteiger charge is -2.36. The van der Waals surface area contributed by atoms with Crippen LogP contribution in [-0.4, -0.2) is 48.3 Å². The van der Waals surface area contributed by atoms with Crippen LogP contribution in [0.15, 0.2) is 42.5 Å². The highest BCUT2D eigenvalue weighted by molar-refractivity contribution is 5.99. The predicted molar refractivity (Wildman–Crippen MR) is 113 cm³/mol. The minimum Gasteiger partial charge on any atom is -0.338 e. The van der Waals surface area contributed by atoms with E-state index >= 15 is 0 Å². The molecule has 29 heavy (non-hydrogen) atoms. The van der Waals surface area contributed by atoms with Crippen molar-refractivity contribution in [2.45, 2.75) is 37.6 Å². The van der Waals surface area contributed by atoms with Gasteiger partial charge in [-0.2, -0.15) is 0 Å². The lowest BCUT2D eigenvalue weighted by molar-refractivity contribution is -0.105. The Morgan fingerprint density at radius 2 is 1.90 bits per heavy atom. The number of anilines is 1. The van der Waals surface area contributed by atoms with Gasteiger partial charge in [-0.3, -0.25) is 14.5 Å². The summed E-state index contributed by atoms with van der Waals surface area (Å²) in [5, 5.41) is 2.68. The minimum absolute atomic E-state index is 0.107. The SMILES string of the molecule is O=CNc1ccc2c(c1)C(=O)N(CCCN1CCc3ccccc3C1)CC21CC1. The molecule has 0 radical (unpaired) electrons. The van der Waals surface area contributed by atoms with Crippen molar-refractivity contribution in [2.24, 2.45) is 0 Å². The van der Waals surface area contributed by atoms with Gasteiger partial charge in [-0.15, -0.1) is 0 Å². The zero-order valence-electron chi connectivity index (χ0n) is 16.7. The Morgan fingerprint density at radius 1 is 1.07 bits per heavy atom. The molecule has 2 aliphatic heterocycles. The topological polar surface area (TPSA) is 52.7 Å². The normalized spacial score (nSPS) is 19.6. The second-order valence-corrected chi connectivity index (χ2v) is 8.68. The molecule has 1 aliphatic carbocycles. The zero-order chi connectivity index (χ0) is 19.8. The second kappa shape index (κ2) is 7.30. The first kappa shape index (κ1) is 18.4. The predicted octanol–water partition coefficient (Wildman–Crippen LogP) is 3.19. The molecule has 2 amide bonds. The van der Waals surface area contributed by atoms with Gasteiger partial charge in [0.05, 0.1) is 0 Å². The molecule has 5 rings (SSSR count). The van der Waals surface area contributed by atoms with Gasteiger partial charge in [-0.1, -0.05) is 30.3 Å². The summed E-state index contributed by atoms with van der Waals surface area (Å²) < 4.78 is 0. The first-order valence-corrected chi connectivity index (χ1v) is 10.6. The number of rotatable bonds is 6. The highest BCUT2D eigenvalue weighted by Gasteiger charge is 2.51. The summed E-state index contributed by atoms with van der Waals surface area (Å²) in [6, 6.07) is 14.5. The Bertz CT molecular complexity index is 951. The molecule has 1 N–H and O–H groups in total. The molecule has 2 aromatic carbocycles. The molecule has 2 aromatic rings. The standard InChI is InChI=1S/C24H27N3O2/c28-17-25-20-6-7-22-21(14-20)23(29)27(16-24(22)9-10-24)12-3-11-26-13-8-18-4-1-2-5-19(18)15-26/h1-2,4-7,14,17H,3,8-13,15-16H2,(H,25,28). The van der Waals surface area contributed by atoms with Gasteiger partial charge in [-0.25, -0.2) is 0 Å². The summed E-state index contributed by atoms with van der Waals surface area (Å²) in [4.78, 5) is 28.5. The lowest BCUT2D eigenvalue weighted by atomic mass is 9.86. The number of carbonyl (C=O) groups is 2. The number of amides is 2. The van der Waals surface area contributed by atoms with Crippen LogP contribution in [0.2, 0.25) is 0 Å². The van der Waals surface area contributed by atoms with E-state index in [-0.39, 0.29) is 11.3 Å². The first-order valence-electron chi connectivity index (χ1n) is 10.6. The third kappa shape index (κ3) is 3.44. The highest BCUT2D eigenvalue weighted by atomic mass is 16.2. The fraction of sp³-hybridized carbons (Fsp3) is 0.417. The number of carbonyl (C=O) groups excluding carboxylic acids is 2. The number of hydrogen-bond acceptors (Lipinski definition) is 3. The van der Waals surface area contributed by atoms with Crippen molar-refractivity contribution >= 4 is 18.0 Å². The van der Waals surface area contributed by atoms with Crippen molar-refractivity contribution in [3.05, 3.63) is 64.7 Å². The Kier molecular flexibility index (Phi) is 4.63. The summed E-state index contributed by atoms with van der Waals surface area (Å²) in [5.41, 5.74) is 5.69. The average molecular weight is 389 g/mol. The molecule has 0 unspecified atom stereocenters. The van der Waals surface area contributed by atoms with E-state index in [1.54, 1.807) is 0 Å². The van der Waals surface area contributed by atoms with E-state index in [0.29, 0.717) is 12.1 Å². The maximum absolute atomic E-state index is 13.1. The fourth-order valence-electron chi connectivity index (χ4n) is 5.02. The van der Waals surface area contributed by atoms with E-state index < -0.39 is 0 Å². The van der Waals surface area contributed by atoms with Crippen LogP contribution in [0.25, 0.3) is 0 Å². The van der Waals surface area contributed by atoms with Crippen molar-refractivity contribution in [1.82, 2.24) is 9.80 Å². The molecule has 150 valence electrons. The summed E-state index contributed by atoms with van der Waals surface area (Å²) in [6.45, 7) is 4.76. The van der Waals surface area contributed by atoms with E-state index in [1.165, 1.54) is 16.7 Å². The molecule has 0 aromatic heterocycles. The van der Waals surface area contributed by atoms with Crippen LogP contribution in [0, 0.1) is 0 Å². The number of hydrogen-bond donors (Lipinski definition) is 1. The lowest BCUT2D eigenvalue weighted by Crippen LogP contribution is -2.44. The van der Waals surface area contributed by atoms with Gasteiger partial charge in [0.1, 0.15) is 0 Å². The van der Waals surface area contributed by atoms with Crippen LogP contribution in [-0.2, 0) is 23.2 Å². The smallest absolute Gasteiger partial charge is 0.254 e. The molecular formula is C24H27N3O2. The maximum atomic E-state index is 13.1. The molecule has 0 bridgehead atoms. The van der Waals surface area contributed by atoms with Gasteiger partial charge < -0.3 is 10.2 Å². The first-order chi connectivity index (χ1) is 14.2. The summed E-state index contributed by atoms with van der Waals surface area (Å²) >= 11 is 0. The van der Waals surface area contributed by atoms with Crippen LogP contribution in [0.1, 0.15) is 46.3 Å². The van der Waals surface area contributed by atoms with Gasteiger partial charge in [0.2, 0.25) is 6.41 Å². The van der Waals surface area contributed by atoms with Gasteiger partial charge in [0, 0.05) is 49.4 Å². The van der Waals surface area contributed by atoms with E-state index in [0.717, 1.165) is 64.0 Å². The van der Waals surface area contributed by atoms with Crippen LogP contribution >= 0.6 is 0 Å². The van der Waals surface area contributed by atoms with Crippen molar-refractivity contribution < 1.29 is 9.59 Å². The van der Waals surface area contributed by atoms with Crippen molar-refractivity contribution in [3.63, 3.8) is 0 Å². The Morgan fingerprint density at radius 3 is 2.69 bits per heavy atom. The third-order valence-electron chi connectivity index (χ3n) is 6.79. The van der Waals surface area contributed by atoms with Crippen LogP contribution in [0.5, 0.6) is 0 Å². The molecule has 3 aliphatic rings. The zero-order valence-corrected chi connectivity index (χ0v) is 16.7. The van der Waals surface area contributed by atoms with Crippen LogP contribution in [0.3, 0.4) is 0 Å². The summed E-state index contributed by atoms with van der Waals surface area (Å²) in [7, 11) is 0. The van der Waals surface area contributed by atoms with E-state index in [4.69, 9.17) is 0 Å². The summed E-state index contributed by atoms with van der Waals surface area (Å²) in [6.07, 6.45) is 5.06. The quantitative estimate of drug-likeness (QED) is 0.772. The third-order valence-corrected chi connectivity index (χ3v) is 6.79. The Balaban J connectivity index is 1.24. The molecular weight excluding hydrogens is 362 g/mol. The van der Waals surface area contributed by atoms with Gasteiger partial charge in [0.15, 0.2) is 0 Å². The number of nitrogens with zero attached hydrogens (tertiary/aromatic N) is 2. The molecule has 1 spiro atoms. The highest BCUT2D eigenvalue weighted by Crippen LogP contribution is 2.52. The average Bonchev–Trinajstić information content (AvgIpc) is 3.52. The largest absolute Gasteiger partial charge is 0.338 e. The van der Waals surface area contributed by atoms with Crippen LogP contribution in [0.4, 0.5) is 5.69 Å². The number of nitrogens with one attached hydrogen (secondary N) is 1. The Labute approximate surface area is 171 Å². The number of benzene rings is 2. The monoisotopic (exact) mass is 389 g/mol. The molecule has 0 atom stereocenters.